The van der Waals surface area contributed by atoms with Crippen molar-refractivity contribution in [2.75, 3.05) is 16.3 Å². The number of fused-ring (bicyclic) bond motifs is 1. The van der Waals surface area contributed by atoms with Crippen molar-refractivity contribution in [1.82, 2.24) is 9.97 Å². The molecule has 0 unspecified atom stereocenters. The summed E-state index contributed by atoms with van der Waals surface area (Å²) in [5, 5.41) is 4.94. The molecule has 0 aliphatic carbocycles. The second kappa shape index (κ2) is 7.03. The third-order valence-electron chi connectivity index (χ3n) is 3.38. The summed E-state index contributed by atoms with van der Waals surface area (Å²) >= 11 is 12.1. The SMILES string of the molecule is CS(=O)(=O)Nc1cc(CNc2ncnc3ccc(Cl)cc23)ccc1Cl. The van der Waals surface area contributed by atoms with Gasteiger partial charge in [0, 0.05) is 17.0 Å². The van der Waals surface area contributed by atoms with Gasteiger partial charge in [0.25, 0.3) is 0 Å². The minimum atomic E-state index is -3.41. The van der Waals surface area contributed by atoms with E-state index in [1.54, 1.807) is 30.3 Å². The molecule has 0 saturated carbocycles. The molecular formula is C16H14Cl2N4O2S. The Morgan fingerprint density at radius 1 is 1.08 bits per heavy atom. The average Bonchev–Trinajstić information content (AvgIpc) is 2.54. The number of aromatic nitrogens is 2. The second-order valence-electron chi connectivity index (χ2n) is 5.43. The van der Waals surface area contributed by atoms with Crippen LogP contribution in [0.25, 0.3) is 10.9 Å². The zero-order valence-electron chi connectivity index (χ0n) is 13.1. The van der Waals surface area contributed by atoms with Gasteiger partial charge in [0.1, 0.15) is 12.1 Å². The lowest BCUT2D eigenvalue weighted by Gasteiger charge is -2.11. The van der Waals surface area contributed by atoms with E-state index in [1.165, 1.54) is 6.33 Å². The molecule has 0 saturated heterocycles. The normalized spacial score (nSPS) is 11.5. The van der Waals surface area contributed by atoms with E-state index in [1.807, 2.05) is 6.07 Å². The number of hydrogen-bond donors (Lipinski definition) is 2. The predicted molar refractivity (Wildman–Crippen MR) is 102 cm³/mol. The molecule has 6 nitrogen and oxygen atoms in total. The number of sulfonamides is 1. The Kier molecular flexibility index (Phi) is 4.99. The standard InChI is InChI=1S/C16H14Cl2N4O2S/c1-25(23,24)22-15-6-10(2-4-13(15)18)8-19-16-12-7-11(17)3-5-14(12)20-9-21-16/h2-7,9,22H,8H2,1H3,(H,19,20,21). The Bertz CT molecular complexity index is 1040. The van der Waals surface area contributed by atoms with Crippen molar-refractivity contribution in [1.29, 1.82) is 0 Å². The maximum Gasteiger partial charge on any atom is 0.229 e. The van der Waals surface area contributed by atoms with Crippen molar-refractivity contribution in [2.45, 2.75) is 6.54 Å². The zero-order chi connectivity index (χ0) is 18.0. The Morgan fingerprint density at radius 2 is 1.88 bits per heavy atom. The van der Waals surface area contributed by atoms with Crippen LogP contribution in [0.4, 0.5) is 11.5 Å². The number of hydrogen-bond acceptors (Lipinski definition) is 5. The lowest BCUT2D eigenvalue weighted by atomic mass is 10.2. The molecule has 0 fully saturated rings. The van der Waals surface area contributed by atoms with Crippen LogP contribution in [0.15, 0.2) is 42.7 Å². The van der Waals surface area contributed by atoms with Gasteiger partial charge in [0.2, 0.25) is 10.0 Å². The van der Waals surface area contributed by atoms with Gasteiger partial charge in [-0.25, -0.2) is 18.4 Å². The predicted octanol–water partition coefficient (Wildman–Crippen LogP) is 3.92. The Labute approximate surface area is 155 Å². The van der Waals surface area contributed by atoms with Gasteiger partial charge in [0.15, 0.2) is 0 Å². The molecule has 25 heavy (non-hydrogen) atoms. The number of nitrogens with one attached hydrogen (secondary N) is 2. The highest BCUT2D eigenvalue weighted by Gasteiger charge is 2.09. The van der Waals surface area contributed by atoms with E-state index < -0.39 is 10.0 Å². The van der Waals surface area contributed by atoms with E-state index >= 15 is 0 Å². The van der Waals surface area contributed by atoms with Gasteiger partial charge in [-0.1, -0.05) is 29.3 Å². The number of halogens is 2. The molecule has 9 heteroatoms. The minimum Gasteiger partial charge on any atom is -0.365 e. The van der Waals surface area contributed by atoms with Gasteiger partial charge >= 0.3 is 0 Å². The maximum atomic E-state index is 11.4. The van der Waals surface area contributed by atoms with E-state index in [2.05, 4.69) is 20.0 Å². The number of benzene rings is 2. The Hall–Kier alpha value is -2.09. The lowest BCUT2D eigenvalue weighted by Crippen LogP contribution is -2.10. The molecule has 1 aromatic heterocycles. The molecule has 3 rings (SSSR count). The highest BCUT2D eigenvalue weighted by molar-refractivity contribution is 7.92. The van der Waals surface area contributed by atoms with E-state index in [0.717, 1.165) is 22.7 Å². The quantitative estimate of drug-likeness (QED) is 0.682. The van der Waals surface area contributed by atoms with Crippen LogP contribution >= 0.6 is 23.2 Å². The third-order valence-corrected chi connectivity index (χ3v) is 4.54. The summed E-state index contributed by atoms with van der Waals surface area (Å²) in [7, 11) is -3.41. The van der Waals surface area contributed by atoms with E-state index in [0.29, 0.717) is 28.1 Å². The van der Waals surface area contributed by atoms with Gasteiger partial charge in [-0.05, 0) is 35.9 Å². The molecule has 3 aromatic rings. The second-order valence-corrected chi connectivity index (χ2v) is 8.02. The molecule has 0 bridgehead atoms. The fraction of sp³-hybridized carbons (Fsp3) is 0.125. The van der Waals surface area contributed by atoms with Crippen LogP contribution in [0.3, 0.4) is 0 Å². The van der Waals surface area contributed by atoms with Crippen molar-refractivity contribution in [3.05, 3.63) is 58.3 Å². The topological polar surface area (TPSA) is 84.0 Å². The van der Waals surface area contributed by atoms with Crippen LogP contribution in [0, 0.1) is 0 Å². The number of rotatable bonds is 5. The first-order chi connectivity index (χ1) is 11.8. The van der Waals surface area contributed by atoms with Crippen LogP contribution < -0.4 is 10.0 Å². The molecular weight excluding hydrogens is 383 g/mol. The van der Waals surface area contributed by atoms with Crippen molar-refractivity contribution < 1.29 is 8.42 Å². The monoisotopic (exact) mass is 396 g/mol. The summed E-state index contributed by atoms with van der Waals surface area (Å²) in [5.74, 6) is 0.639. The van der Waals surface area contributed by atoms with Crippen molar-refractivity contribution in [3.8, 4) is 0 Å². The summed E-state index contributed by atoms with van der Waals surface area (Å²) in [5.41, 5.74) is 1.95. The van der Waals surface area contributed by atoms with Crippen molar-refractivity contribution >= 4 is 55.6 Å². The number of anilines is 2. The van der Waals surface area contributed by atoms with Crippen LogP contribution in [0.1, 0.15) is 5.56 Å². The van der Waals surface area contributed by atoms with E-state index in [-0.39, 0.29) is 0 Å². The van der Waals surface area contributed by atoms with Crippen molar-refractivity contribution in [3.63, 3.8) is 0 Å². The molecule has 1 heterocycles. The Morgan fingerprint density at radius 3 is 2.64 bits per heavy atom. The molecule has 0 amide bonds. The summed E-state index contributed by atoms with van der Waals surface area (Å²) in [6.07, 6.45) is 2.54. The summed E-state index contributed by atoms with van der Waals surface area (Å²) in [4.78, 5) is 8.44. The molecule has 0 radical (unpaired) electrons. The summed E-state index contributed by atoms with van der Waals surface area (Å²) in [6.45, 7) is 0.425. The fourth-order valence-corrected chi connectivity index (χ4v) is 3.28. The highest BCUT2D eigenvalue weighted by atomic mass is 35.5. The molecule has 0 spiro atoms. The Balaban J connectivity index is 1.85. The van der Waals surface area contributed by atoms with Gasteiger partial charge in [-0.2, -0.15) is 0 Å². The van der Waals surface area contributed by atoms with Crippen LogP contribution in [0.5, 0.6) is 0 Å². The smallest absolute Gasteiger partial charge is 0.229 e. The van der Waals surface area contributed by atoms with Crippen LogP contribution in [-0.2, 0) is 16.6 Å². The molecule has 2 aromatic carbocycles. The first-order valence-electron chi connectivity index (χ1n) is 7.22. The highest BCUT2D eigenvalue weighted by Crippen LogP contribution is 2.26. The lowest BCUT2D eigenvalue weighted by molar-refractivity contribution is 0.607. The third kappa shape index (κ3) is 4.50. The van der Waals surface area contributed by atoms with Gasteiger partial charge < -0.3 is 5.32 Å². The van der Waals surface area contributed by atoms with Gasteiger partial charge in [-0.15, -0.1) is 0 Å². The summed E-state index contributed by atoms with van der Waals surface area (Å²) < 4.78 is 25.2. The first kappa shape index (κ1) is 17.7. The van der Waals surface area contributed by atoms with Crippen LogP contribution in [-0.4, -0.2) is 24.6 Å². The van der Waals surface area contributed by atoms with Crippen molar-refractivity contribution in [2.24, 2.45) is 0 Å². The minimum absolute atomic E-state index is 0.327. The number of nitrogens with zero attached hydrogens (tertiary/aromatic N) is 2. The van der Waals surface area contributed by atoms with E-state index in [4.69, 9.17) is 23.2 Å². The molecule has 0 atom stereocenters. The van der Waals surface area contributed by atoms with Gasteiger partial charge in [0.05, 0.1) is 22.5 Å². The van der Waals surface area contributed by atoms with Crippen LogP contribution in [0.2, 0.25) is 10.0 Å². The maximum absolute atomic E-state index is 11.4. The zero-order valence-corrected chi connectivity index (χ0v) is 15.5. The molecule has 0 aliphatic heterocycles. The average molecular weight is 397 g/mol. The fourth-order valence-electron chi connectivity index (χ4n) is 2.32. The van der Waals surface area contributed by atoms with E-state index in [9.17, 15) is 8.42 Å². The first-order valence-corrected chi connectivity index (χ1v) is 9.87. The largest absolute Gasteiger partial charge is 0.365 e. The molecule has 0 aliphatic rings. The summed E-state index contributed by atoms with van der Waals surface area (Å²) in [6, 6.07) is 10.5. The van der Waals surface area contributed by atoms with Gasteiger partial charge in [-0.3, -0.25) is 4.72 Å². The molecule has 130 valence electrons. The molecule has 2 N–H and O–H groups in total.